The number of nitrogens with one attached hydrogen (secondary N) is 2. The van der Waals surface area contributed by atoms with Gasteiger partial charge in [-0.3, -0.25) is 4.79 Å². The van der Waals surface area contributed by atoms with Gasteiger partial charge in [0.1, 0.15) is 5.82 Å². The molecule has 0 unspecified atom stereocenters. The molecule has 2 N–H and O–H groups in total. The van der Waals surface area contributed by atoms with Crippen LogP contribution in [-0.4, -0.2) is 39.4 Å². The zero-order valence-electron chi connectivity index (χ0n) is 14.0. The number of aryl methyl sites for hydroxylation is 2. The van der Waals surface area contributed by atoms with Gasteiger partial charge in [0.2, 0.25) is 11.8 Å². The first-order valence-corrected chi connectivity index (χ1v) is 7.85. The standard InChI is InChI=1S/C17H18N6O2/c1-11-3-8-15(22-20-11)18-9-10-19-16(24)13-4-6-14(7-5-13)17-23-21-12(2)25-17/h3-8H,9-10H2,1-2H3,(H,18,22)(H,19,24). The molecule has 0 saturated carbocycles. The van der Waals surface area contributed by atoms with Crippen LogP contribution in [0.4, 0.5) is 5.82 Å². The third kappa shape index (κ3) is 4.37. The van der Waals surface area contributed by atoms with Crippen LogP contribution in [0.3, 0.4) is 0 Å². The van der Waals surface area contributed by atoms with Crippen LogP contribution in [0.1, 0.15) is 21.9 Å². The summed E-state index contributed by atoms with van der Waals surface area (Å²) in [7, 11) is 0. The summed E-state index contributed by atoms with van der Waals surface area (Å²) in [4.78, 5) is 12.1. The lowest BCUT2D eigenvalue weighted by molar-refractivity contribution is 0.0955. The van der Waals surface area contributed by atoms with Crippen molar-refractivity contribution in [3.05, 3.63) is 53.5 Å². The van der Waals surface area contributed by atoms with E-state index in [-0.39, 0.29) is 5.91 Å². The second-order valence-corrected chi connectivity index (χ2v) is 5.45. The number of nitrogens with zero attached hydrogens (tertiary/aromatic N) is 4. The Balaban J connectivity index is 1.48. The first kappa shape index (κ1) is 16.6. The number of hydrogen-bond acceptors (Lipinski definition) is 7. The Bertz CT molecular complexity index is 842. The van der Waals surface area contributed by atoms with E-state index in [0.717, 1.165) is 11.3 Å². The molecule has 2 aromatic heterocycles. The van der Waals surface area contributed by atoms with Gasteiger partial charge in [-0.2, -0.15) is 5.10 Å². The molecule has 1 aromatic carbocycles. The molecule has 8 heteroatoms. The largest absolute Gasteiger partial charge is 0.421 e. The highest BCUT2D eigenvalue weighted by molar-refractivity contribution is 5.94. The van der Waals surface area contributed by atoms with Crippen molar-refractivity contribution in [2.45, 2.75) is 13.8 Å². The van der Waals surface area contributed by atoms with Gasteiger partial charge in [0.15, 0.2) is 0 Å². The normalized spacial score (nSPS) is 10.5. The third-order valence-electron chi connectivity index (χ3n) is 3.43. The highest BCUT2D eigenvalue weighted by Gasteiger charge is 2.08. The molecule has 25 heavy (non-hydrogen) atoms. The lowest BCUT2D eigenvalue weighted by Crippen LogP contribution is -2.28. The van der Waals surface area contributed by atoms with Crippen molar-refractivity contribution >= 4 is 11.7 Å². The molecular weight excluding hydrogens is 320 g/mol. The number of carbonyl (C=O) groups is 1. The molecule has 0 fully saturated rings. The van der Waals surface area contributed by atoms with Crippen molar-refractivity contribution in [1.29, 1.82) is 0 Å². The second kappa shape index (κ2) is 7.52. The van der Waals surface area contributed by atoms with Gasteiger partial charge >= 0.3 is 0 Å². The number of rotatable bonds is 6. The van der Waals surface area contributed by atoms with Crippen molar-refractivity contribution in [3.8, 4) is 11.5 Å². The van der Waals surface area contributed by atoms with E-state index >= 15 is 0 Å². The van der Waals surface area contributed by atoms with Crippen molar-refractivity contribution < 1.29 is 9.21 Å². The lowest BCUT2D eigenvalue weighted by atomic mass is 10.1. The number of carbonyl (C=O) groups excluding carboxylic acids is 1. The van der Waals surface area contributed by atoms with E-state index in [9.17, 15) is 4.79 Å². The molecule has 3 rings (SSSR count). The average Bonchev–Trinajstić information content (AvgIpc) is 3.06. The molecule has 2 heterocycles. The summed E-state index contributed by atoms with van der Waals surface area (Å²) in [6, 6.07) is 10.7. The zero-order chi connectivity index (χ0) is 17.6. The highest BCUT2D eigenvalue weighted by Crippen LogP contribution is 2.18. The molecule has 0 atom stereocenters. The van der Waals surface area contributed by atoms with Crippen LogP contribution in [0.25, 0.3) is 11.5 Å². The maximum atomic E-state index is 12.1. The lowest BCUT2D eigenvalue weighted by Gasteiger charge is -2.07. The van der Waals surface area contributed by atoms with Crippen LogP contribution in [-0.2, 0) is 0 Å². The average molecular weight is 338 g/mol. The second-order valence-electron chi connectivity index (χ2n) is 5.45. The first-order chi connectivity index (χ1) is 12.1. The summed E-state index contributed by atoms with van der Waals surface area (Å²) in [6.07, 6.45) is 0. The van der Waals surface area contributed by atoms with E-state index in [1.54, 1.807) is 31.2 Å². The van der Waals surface area contributed by atoms with E-state index in [0.29, 0.717) is 36.3 Å². The Morgan fingerprint density at radius 3 is 2.40 bits per heavy atom. The van der Waals surface area contributed by atoms with E-state index in [1.165, 1.54) is 0 Å². The molecule has 0 aliphatic rings. The molecule has 3 aromatic rings. The molecule has 0 aliphatic heterocycles. The summed E-state index contributed by atoms with van der Waals surface area (Å²) in [5.74, 6) is 1.47. The highest BCUT2D eigenvalue weighted by atomic mass is 16.4. The minimum atomic E-state index is -0.148. The molecule has 0 aliphatic carbocycles. The van der Waals surface area contributed by atoms with Gasteiger partial charge in [-0.1, -0.05) is 0 Å². The fraction of sp³-hybridized carbons (Fsp3) is 0.235. The van der Waals surface area contributed by atoms with E-state index in [4.69, 9.17) is 4.42 Å². The van der Waals surface area contributed by atoms with Gasteiger partial charge in [-0.15, -0.1) is 15.3 Å². The van der Waals surface area contributed by atoms with Gasteiger partial charge < -0.3 is 15.1 Å². The van der Waals surface area contributed by atoms with Crippen molar-refractivity contribution in [2.24, 2.45) is 0 Å². The predicted octanol–water partition coefficient (Wildman–Crippen LogP) is 1.99. The van der Waals surface area contributed by atoms with E-state index in [1.807, 2.05) is 19.1 Å². The minimum Gasteiger partial charge on any atom is -0.421 e. The molecule has 0 spiro atoms. The zero-order valence-corrected chi connectivity index (χ0v) is 14.0. The van der Waals surface area contributed by atoms with Crippen LogP contribution in [0.2, 0.25) is 0 Å². The Kier molecular flexibility index (Phi) is 4.98. The third-order valence-corrected chi connectivity index (χ3v) is 3.43. The topological polar surface area (TPSA) is 106 Å². The number of anilines is 1. The monoisotopic (exact) mass is 338 g/mol. The maximum Gasteiger partial charge on any atom is 0.251 e. The summed E-state index contributed by atoms with van der Waals surface area (Å²) >= 11 is 0. The fourth-order valence-corrected chi connectivity index (χ4v) is 2.14. The summed E-state index contributed by atoms with van der Waals surface area (Å²) in [5.41, 5.74) is 2.20. The van der Waals surface area contributed by atoms with E-state index in [2.05, 4.69) is 31.0 Å². The van der Waals surface area contributed by atoms with Gasteiger partial charge in [-0.25, -0.2) is 0 Å². The van der Waals surface area contributed by atoms with Crippen molar-refractivity contribution in [2.75, 3.05) is 18.4 Å². The van der Waals surface area contributed by atoms with Gasteiger partial charge in [0, 0.05) is 31.1 Å². The van der Waals surface area contributed by atoms with Gasteiger partial charge in [0.25, 0.3) is 5.91 Å². The Morgan fingerprint density at radius 2 is 1.76 bits per heavy atom. The van der Waals surface area contributed by atoms with Crippen molar-refractivity contribution in [3.63, 3.8) is 0 Å². The molecule has 0 saturated heterocycles. The van der Waals surface area contributed by atoms with Crippen LogP contribution >= 0.6 is 0 Å². The number of hydrogen-bond donors (Lipinski definition) is 2. The summed E-state index contributed by atoms with van der Waals surface area (Å²) < 4.78 is 5.36. The first-order valence-electron chi connectivity index (χ1n) is 7.85. The molecule has 0 radical (unpaired) electrons. The predicted molar refractivity (Wildman–Crippen MR) is 92.1 cm³/mol. The van der Waals surface area contributed by atoms with Crippen LogP contribution in [0.5, 0.6) is 0 Å². The fourth-order valence-electron chi connectivity index (χ4n) is 2.14. The van der Waals surface area contributed by atoms with Gasteiger partial charge in [0.05, 0.1) is 5.69 Å². The quantitative estimate of drug-likeness (QED) is 0.662. The summed E-state index contributed by atoms with van der Waals surface area (Å²) in [5, 5.41) is 21.6. The van der Waals surface area contributed by atoms with Crippen LogP contribution in [0, 0.1) is 13.8 Å². The number of amides is 1. The molecule has 8 nitrogen and oxygen atoms in total. The SMILES string of the molecule is Cc1ccc(NCCNC(=O)c2ccc(-c3nnc(C)o3)cc2)nn1. The van der Waals surface area contributed by atoms with Crippen LogP contribution in [0.15, 0.2) is 40.8 Å². The molecular formula is C17H18N6O2. The van der Waals surface area contributed by atoms with Crippen LogP contribution < -0.4 is 10.6 Å². The Labute approximate surface area is 144 Å². The number of benzene rings is 1. The number of aromatic nitrogens is 4. The molecule has 128 valence electrons. The molecule has 0 bridgehead atoms. The van der Waals surface area contributed by atoms with Gasteiger partial charge in [-0.05, 0) is 43.3 Å². The minimum absolute atomic E-state index is 0.148. The molecule has 1 amide bonds. The van der Waals surface area contributed by atoms with Crippen molar-refractivity contribution in [1.82, 2.24) is 25.7 Å². The Morgan fingerprint density at radius 1 is 0.960 bits per heavy atom. The van der Waals surface area contributed by atoms with E-state index < -0.39 is 0 Å². The smallest absolute Gasteiger partial charge is 0.251 e. The summed E-state index contributed by atoms with van der Waals surface area (Å²) in [6.45, 7) is 4.64. The maximum absolute atomic E-state index is 12.1. The Hall–Kier alpha value is -3.29.